The van der Waals surface area contributed by atoms with Gasteiger partial charge in [0, 0.05) is 23.1 Å². The third-order valence-electron chi connectivity index (χ3n) is 2.61. The molecule has 6 heteroatoms. The lowest BCUT2D eigenvalue weighted by Crippen LogP contribution is -2.35. The lowest BCUT2D eigenvalue weighted by atomic mass is 10.1. The van der Waals surface area contributed by atoms with Gasteiger partial charge in [-0.25, -0.2) is 9.18 Å². The van der Waals surface area contributed by atoms with Crippen LogP contribution >= 0.6 is 15.9 Å². The number of benzene rings is 1. The van der Waals surface area contributed by atoms with Gasteiger partial charge in [0.05, 0.1) is 7.11 Å². The van der Waals surface area contributed by atoms with Crippen molar-refractivity contribution in [3.8, 4) is 0 Å². The van der Waals surface area contributed by atoms with Crippen molar-refractivity contribution in [3.63, 3.8) is 0 Å². The Morgan fingerprint density at radius 3 is 2.79 bits per heavy atom. The second kappa shape index (κ2) is 7.57. The smallest absolute Gasteiger partial charge is 0.327 e. The third kappa shape index (κ3) is 4.89. The molecule has 0 amide bonds. The molecule has 1 N–H and O–H groups in total. The van der Waals surface area contributed by atoms with Crippen LogP contribution in [-0.4, -0.2) is 45.2 Å². The SMILES string of the molecule is COC(=O)C(NCCN(C)C)c1cc(Br)ccc1F. The van der Waals surface area contributed by atoms with Crippen molar-refractivity contribution in [2.24, 2.45) is 0 Å². The van der Waals surface area contributed by atoms with Crippen LogP contribution in [0.1, 0.15) is 11.6 Å². The number of esters is 1. The summed E-state index contributed by atoms with van der Waals surface area (Å²) in [7, 11) is 5.14. The van der Waals surface area contributed by atoms with Crippen molar-refractivity contribution < 1.29 is 13.9 Å². The molecule has 1 aromatic rings. The van der Waals surface area contributed by atoms with E-state index in [1.807, 2.05) is 19.0 Å². The van der Waals surface area contributed by atoms with E-state index < -0.39 is 17.8 Å². The van der Waals surface area contributed by atoms with E-state index in [2.05, 4.69) is 21.2 Å². The monoisotopic (exact) mass is 332 g/mol. The molecule has 0 aromatic heterocycles. The summed E-state index contributed by atoms with van der Waals surface area (Å²) in [6.07, 6.45) is 0. The van der Waals surface area contributed by atoms with Crippen molar-refractivity contribution >= 4 is 21.9 Å². The second-order valence-electron chi connectivity index (χ2n) is 4.38. The van der Waals surface area contributed by atoms with Crippen LogP contribution in [0.15, 0.2) is 22.7 Å². The van der Waals surface area contributed by atoms with Crippen LogP contribution in [0, 0.1) is 5.82 Å². The van der Waals surface area contributed by atoms with Gasteiger partial charge in [-0.2, -0.15) is 0 Å². The van der Waals surface area contributed by atoms with E-state index in [1.165, 1.54) is 13.2 Å². The molecule has 0 radical (unpaired) electrons. The maximum Gasteiger partial charge on any atom is 0.327 e. The number of hydrogen-bond donors (Lipinski definition) is 1. The number of methoxy groups -OCH3 is 1. The van der Waals surface area contributed by atoms with Crippen LogP contribution in [0.2, 0.25) is 0 Å². The molecule has 0 saturated carbocycles. The van der Waals surface area contributed by atoms with E-state index >= 15 is 0 Å². The summed E-state index contributed by atoms with van der Waals surface area (Å²) in [6, 6.07) is 3.69. The quantitative estimate of drug-likeness (QED) is 0.808. The topological polar surface area (TPSA) is 41.6 Å². The molecule has 0 spiro atoms. The average Bonchev–Trinajstić information content (AvgIpc) is 2.37. The molecule has 1 atom stereocenters. The molecule has 4 nitrogen and oxygen atoms in total. The standard InChI is InChI=1S/C13H18BrFN2O2/c1-17(2)7-6-16-12(13(18)19-3)10-8-9(14)4-5-11(10)15/h4-5,8,12,16H,6-7H2,1-3H3. The first kappa shape index (κ1) is 16.1. The first-order chi connectivity index (χ1) is 8.95. The largest absolute Gasteiger partial charge is 0.468 e. The van der Waals surface area contributed by atoms with Gasteiger partial charge in [0.25, 0.3) is 0 Å². The van der Waals surface area contributed by atoms with Gasteiger partial charge in [-0.3, -0.25) is 5.32 Å². The predicted octanol–water partition coefficient (Wildman–Crippen LogP) is 1.95. The molecule has 0 bridgehead atoms. The molecular formula is C13H18BrFN2O2. The van der Waals surface area contributed by atoms with E-state index in [0.29, 0.717) is 11.0 Å². The molecule has 1 rings (SSSR count). The zero-order valence-corrected chi connectivity index (χ0v) is 12.8. The van der Waals surface area contributed by atoms with Crippen LogP contribution in [0.4, 0.5) is 4.39 Å². The van der Waals surface area contributed by atoms with Gasteiger partial charge in [0.15, 0.2) is 0 Å². The first-order valence-corrected chi connectivity index (χ1v) is 6.66. The van der Waals surface area contributed by atoms with E-state index in [4.69, 9.17) is 4.74 Å². The average molecular weight is 333 g/mol. The molecule has 0 fully saturated rings. The highest BCUT2D eigenvalue weighted by molar-refractivity contribution is 9.10. The van der Waals surface area contributed by atoms with E-state index in [0.717, 1.165) is 6.54 Å². The maximum atomic E-state index is 13.8. The van der Waals surface area contributed by atoms with Gasteiger partial charge in [-0.1, -0.05) is 15.9 Å². The predicted molar refractivity (Wildman–Crippen MR) is 75.4 cm³/mol. The third-order valence-corrected chi connectivity index (χ3v) is 3.11. The molecule has 1 aromatic carbocycles. The number of nitrogens with one attached hydrogen (secondary N) is 1. The minimum Gasteiger partial charge on any atom is -0.468 e. The van der Waals surface area contributed by atoms with E-state index in [-0.39, 0.29) is 5.56 Å². The number of halogens is 2. The van der Waals surface area contributed by atoms with Gasteiger partial charge in [0.1, 0.15) is 11.9 Å². The van der Waals surface area contributed by atoms with Crippen molar-refractivity contribution in [3.05, 3.63) is 34.1 Å². The lowest BCUT2D eigenvalue weighted by molar-refractivity contribution is -0.143. The Morgan fingerprint density at radius 1 is 1.53 bits per heavy atom. The van der Waals surface area contributed by atoms with Gasteiger partial charge in [-0.15, -0.1) is 0 Å². The number of carbonyl (C=O) groups is 1. The zero-order chi connectivity index (χ0) is 14.4. The van der Waals surface area contributed by atoms with Gasteiger partial charge < -0.3 is 9.64 Å². The Labute approximate surface area is 121 Å². The lowest BCUT2D eigenvalue weighted by Gasteiger charge is -2.19. The molecule has 19 heavy (non-hydrogen) atoms. The van der Waals surface area contributed by atoms with Crippen LogP contribution < -0.4 is 5.32 Å². The number of likely N-dealkylation sites (N-methyl/N-ethyl adjacent to an activating group) is 1. The highest BCUT2D eigenvalue weighted by atomic mass is 79.9. The highest BCUT2D eigenvalue weighted by Crippen LogP contribution is 2.22. The number of ether oxygens (including phenoxy) is 1. The summed E-state index contributed by atoms with van der Waals surface area (Å²) < 4.78 is 19.3. The van der Waals surface area contributed by atoms with Crippen LogP contribution in [0.3, 0.4) is 0 Å². The highest BCUT2D eigenvalue weighted by Gasteiger charge is 2.24. The fraction of sp³-hybridized carbons (Fsp3) is 0.462. The zero-order valence-electron chi connectivity index (χ0n) is 11.2. The molecular weight excluding hydrogens is 315 g/mol. The Kier molecular flexibility index (Phi) is 6.41. The summed E-state index contributed by atoms with van der Waals surface area (Å²) in [6.45, 7) is 1.29. The van der Waals surface area contributed by atoms with E-state index in [1.54, 1.807) is 12.1 Å². The molecule has 0 aliphatic rings. The Balaban J connectivity index is 2.89. The molecule has 0 aliphatic heterocycles. The van der Waals surface area contributed by atoms with Crippen LogP contribution in [0.5, 0.6) is 0 Å². The molecule has 0 heterocycles. The molecule has 0 saturated heterocycles. The molecule has 1 unspecified atom stereocenters. The fourth-order valence-corrected chi connectivity index (χ4v) is 1.99. The normalized spacial score (nSPS) is 12.5. The number of nitrogens with zero attached hydrogens (tertiary/aromatic N) is 1. The molecule has 106 valence electrons. The van der Waals surface area contributed by atoms with Crippen molar-refractivity contribution in [1.29, 1.82) is 0 Å². The Bertz CT molecular complexity index is 441. The molecule has 0 aliphatic carbocycles. The van der Waals surface area contributed by atoms with Gasteiger partial charge in [-0.05, 0) is 32.3 Å². The fourth-order valence-electron chi connectivity index (χ4n) is 1.61. The van der Waals surface area contributed by atoms with Crippen LogP contribution in [-0.2, 0) is 9.53 Å². The van der Waals surface area contributed by atoms with Gasteiger partial charge in [0.2, 0.25) is 0 Å². The summed E-state index contributed by atoms with van der Waals surface area (Å²) >= 11 is 3.27. The Hall–Kier alpha value is -0.980. The van der Waals surface area contributed by atoms with Crippen molar-refractivity contribution in [2.75, 3.05) is 34.3 Å². The van der Waals surface area contributed by atoms with Crippen molar-refractivity contribution in [2.45, 2.75) is 6.04 Å². The maximum absolute atomic E-state index is 13.8. The minimum atomic E-state index is -0.803. The first-order valence-electron chi connectivity index (χ1n) is 5.86. The summed E-state index contributed by atoms with van der Waals surface area (Å²) in [4.78, 5) is 13.7. The number of hydrogen-bond acceptors (Lipinski definition) is 4. The van der Waals surface area contributed by atoms with E-state index in [9.17, 15) is 9.18 Å². The Morgan fingerprint density at radius 2 is 2.21 bits per heavy atom. The van der Waals surface area contributed by atoms with Gasteiger partial charge >= 0.3 is 5.97 Å². The van der Waals surface area contributed by atoms with Crippen molar-refractivity contribution in [1.82, 2.24) is 10.2 Å². The minimum absolute atomic E-state index is 0.278. The van der Waals surface area contributed by atoms with Crippen LogP contribution in [0.25, 0.3) is 0 Å². The number of rotatable bonds is 6. The summed E-state index contributed by atoms with van der Waals surface area (Å²) in [5.41, 5.74) is 0.278. The summed E-state index contributed by atoms with van der Waals surface area (Å²) in [5, 5.41) is 3.01. The summed E-state index contributed by atoms with van der Waals surface area (Å²) in [5.74, 6) is -0.938. The second-order valence-corrected chi connectivity index (χ2v) is 5.30. The number of carbonyl (C=O) groups excluding carboxylic acids is 1.